The van der Waals surface area contributed by atoms with Gasteiger partial charge in [0.15, 0.2) is 0 Å². The maximum absolute atomic E-state index is 13.4. The van der Waals surface area contributed by atoms with Crippen LogP contribution < -0.4 is 10.6 Å². The van der Waals surface area contributed by atoms with Crippen molar-refractivity contribution in [1.29, 1.82) is 0 Å². The Bertz CT molecular complexity index is 385. The van der Waals surface area contributed by atoms with Gasteiger partial charge in [-0.1, -0.05) is 17.7 Å². The molecule has 0 aliphatic carbocycles. The van der Waals surface area contributed by atoms with Crippen LogP contribution in [0.25, 0.3) is 0 Å². The molecule has 1 aliphatic rings. The van der Waals surface area contributed by atoms with E-state index in [1.807, 2.05) is 0 Å². The Morgan fingerprint density at radius 2 is 2.38 bits per heavy atom. The summed E-state index contributed by atoms with van der Waals surface area (Å²) < 4.78 is 13.4. The first-order valence-corrected chi connectivity index (χ1v) is 5.52. The van der Waals surface area contributed by atoms with Crippen LogP contribution in [0, 0.1) is 11.7 Å². The Hall–Kier alpha value is -1.13. The van der Waals surface area contributed by atoms with Crippen LogP contribution in [-0.4, -0.2) is 19.0 Å². The molecule has 16 heavy (non-hydrogen) atoms. The van der Waals surface area contributed by atoms with Crippen molar-refractivity contribution in [3.63, 3.8) is 0 Å². The van der Waals surface area contributed by atoms with Gasteiger partial charge in [-0.25, -0.2) is 4.39 Å². The average molecular weight is 243 g/mol. The maximum atomic E-state index is 13.4. The topological polar surface area (TPSA) is 41.1 Å². The zero-order valence-corrected chi connectivity index (χ0v) is 9.35. The van der Waals surface area contributed by atoms with E-state index in [0.29, 0.717) is 6.54 Å². The molecule has 1 amide bonds. The third-order valence-corrected chi connectivity index (χ3v) is 2.96. The normalized spacial score (nSPS) is 19.8. The van der Waals surface area contributed by atoms with Crippen LogP contribution in [0.2, 0.25) is 5.02 Å². The number of amides is 1. The van der Waals surface area contributed by atoms with Gasteiger partial charge in [0.05, 0.1) is 16.6 Å². The molecule has 1 unspecified atom stereocenters. The number of rotatable bonds is 2. The molecule has 86 valence electrons. The molecule has 2 N–H and O–H groups in total. The third kappa shape index (κ3) is 2.33. The number of nitrogens with one attached hydrogen (secondary N) is 2. The molecule has 3 nitrogen and oxygen atoms in total. The molecule has 1 saturated heterocycles. The first kappa shape index (κ1) is 11.4. The molecule has 1 aliphatic heterocycles. The summed E-state index contributed by atoms with van der Waals surface area (Å²) in [7, 11) is 0. The number of carbonyl (C=O) groups is 1. The van der Waals surface area contributed by atoms with Crippen molar-refractivity contribution < 1.29 is 9.18 Å². The lowest BCUT2D eigenvalue weighted by atomic mass is 10.1. The van der Waals surface area contributed by atoms with Crippen molar-refractivity contribution in [2.24, 2.45) is 5.92 Å². The Morgan fingerprint density at radius 1 is 1.56 bits per heavy atom. The minimum atomic E-state index is -0.508. The summed E-state index contributed by atoms with van der Waals surface area (Å²) >= 11 is 5.81. The molecule has 1 aromatic carbocycles. The predicted molar refractivity (Wildman–Crippen MR) is 61.0 cm³/mol. The zero-order valence-electron chi connectivity index (χ0n) is 8.59. The molecule has 5 heteroatoms. The van der Waals surface area contributed by atoms with E-state index in [4.69, 9.17) is 11.6 Å². The van der Waals surface area contributed by atoms with Crippen molar-refractivity contribution in [1.82, 2.24) is 5.32 Å². The maximum Gasteiger partial charge on any atom is 0.228 e. The fourth-order valence-electron chi connectivity index (χ4n) is 1.72. The van der Waals surface area contributed by atoms with Crippen LogP contribution >= 0.6 is 11.6 Å². The molecule has 0 spiro atoms. The van der Waals surface area contributed by atoms with Gasteiger partial charge in [0.2, 0.25) is 5.91 Å². The molecule has 0 bridgehead atoms. The van der Waals surface area contributed by atoms with Gasteiger partial charge < -0.3 is 10.6 Å². The SMILES string of the molecule is O=C(Nc1c(F)cccc1Cl)C1CCNC1. The highest BCUT2D eigenvalue weighted by Gasteiger charge is 2.23. The standard InChI is InChI=1S/C11H12ClFN2O/c12-8-2-1-3-9(13)10(8)15-11(16)7-4-5-14-6-7/h1-3,7,14H,4-6H2,(H,15,16). The van der Waals surface area contributed by atoms with E-state index in [9.17, 15) is 9.18 Å². The van der Waals surface area contributed by atoms with Gasteiger partial charge in [-0.3, -0.25) is 4.79 Å². The summed E-state index contributed by atoms with van der Waals surface area (Å²) in [6, 6.07) is 4.33. The van der Waals surface area contributed by atoms with Gasteiger partial charge in [0.25, 0.3) is 0 Å². The molecule has 1 aromatic rings. The van der Waals surface area contributed by atoms with E-state index in [1.165, 1.54) is 12.1 Å². The van der Waals surface area contributed by atoms with Gasteiger partial charge in [-0.2, -0.15) is 0 Å². The highest BCUT2D eigenvalue weighted by Crippen LogP contribution is 2.25. The van der Waals surface area contributed by atoms with Crippen molar-refractivity contribution in [2.45, 2.75) is 6.42 Å². The van der Waals surface area contributed by atoms with Gasteiger partial charge in [-0.05, 0) is 25.1 Å². The van der Waals surface area contributed by atoms with Crippen LogP contribution in [0.1, 0.15) is 6.42 Å². The minimum absolute atomic E-state index is 0.0704. The lowest BCUT2D eigenvalue weighted by Crippen LogP contribution is -2.25. The Morgan fingerprint density at radius 3 is 3.00 bits per heavy atom. The van der Waals surface area contributed by atoms with E-state index in [2.05, 4.69) is 10.6 Å². The van der Waals surface area contributed by atoms with Crippen LogP contribution in [0.5, 0.6) is 0 Å². The highest BCUT2D eigenvalue weighted by molar-refractivity contribution is 6.33. The van der Waals surface area contributed by atoms with Crippen LogP contribution in [0.4, 0.5) is 10.1 Å². The van der Waals surface area contributed by atoms with E-state index in [1.54, 1.807) is 6.07 Å². The molecule has 0 aromatic heterocycles. The fourth-order valence-corrected chi connectivity index (χ4v) is 1.93. The lowest BCUT2D eigenvalue weighted by Gasteiger charge is -2.11. The molecule has 2 rings (SSSR count). The van der Waals surface area contributed by atoms with Crippen LogP contribution in [-0.2, 0) is 4.79 Å². The molecule has 1 heterocycles. The second kappa shape index (κ2) is 4.80. The second-order valence-corrected chi connectivity index (χ2v) is 4.18. The summed E-state index contributed by atoms with van der Waals surface area (Å²) in [4.78, 5) is 11.7. The number of benzene rings is 1. The summed E-state index contributed by atoms with van der Waals surface area (Å²) in [5, 5.41) is 5.84. The van der Waals surface area contributed by atoms with E-state index < -0.39 is 5.82 Å². The lowest BCUT2D eigenvalue weighted by molar-refractivity contribution is -0.119. The van der Waals surface area contributed by atoms with Gasteiger partial charge in [0, 0.05) is 6.54 Å². The molecular formula is C11H12ClFN2O. The van der Waals surface area contributed by atoms with Gasteiger partial charge in [-0.15, -0.1) is 0 Å². The molecule has 1 fully saturated rings. The fraction of sp³-hybridized carbons (Fsp3) is 0.364. The Labute approximate surface area is 98.0 Å². The van der Waals surface area contributed by atoms with Crippen molar-refractivity contribution in [2.75, 3.05) is 18.4 Å². The first-order valence-electron chi connectivity index (χ1n) is 5.14. The molecule has 1 atom stereocenters. The van der Waals surface area contributed by atoms with E-state index >= 15 is 0 Å². The highest BCUT2D eigenvalue weighted by atomic mass is 35.5. The van der Waals surface area contributed by atoms with Crippen molar-refractivity contribution in [3.05, 3.63) is 29.0 Å². The average Bonchev–Trinajstić information content (AvgIpc) is 2.76. The van der Waals surface area contributed by atoms with Crippen molar-refractivity contribution >= 4 is 23.2 Å². The van der Waals surface area contributed by atoms with Gasteiger partial charge >= 0.3 is 0 Å². The van der Waals surface area contributed by atoms with Crippen LogP contribution in [0.3, 0.4) is 0 Å². The number of hydrogen-bond acceptors (Lipinski definition) is 2. The summed E-state index contributed by atoms with van der Waals surface area (Å²) in [6.45, 7) is 1.46. The van der Waals surface area contributed by atoms with Gasteiger partial charge in [0.1, 0.15) is 5.82 Å². The monoisotopic (exact) mass is 242 g/mol. The minimum Gasteiger partial charge on any atom is -0.322 e. The number of para-hydroxylation sites is 1. The third-order valence-electron chi connectivity index (χ3n) is 2.64. The number of halogens is 2. The molecule has 0 saturated carbocycles. The number of carbonyl (C=O) groups excluding carboxylic acids is 1. The molecule has 0 radical (unpaired) electrons. The quantitative estimate of drug-likeness (QED) is 0.833. The number of hydrogen-bond donors (Lipinski definition) is 2. The second-order valence-electron chi connectivity index (χ2n) is 3.78. The van der Waals surface area contributed by atoms with Crippen molar-refractivity contribution in [3.8, 4) is 0 Å². The Kier molecular flexibility index (Phi) is 3.41. The number of anilines is 1. The van der Waals surface area contributed by atoms with Crippen LogP contribution in [0.15, 0.2) is 18.2 Å². The summed E-state index contributed by atoms with van der Waals surface area (Å²) in [5.74, 6) is -0.792. The van der Waals surface area contributed by atoms with E-state index in [0.717, 1.165) is 13.0 Å². The first-order chi connectivity index (χ1) is 7.68. The smallest absolute Gasteiger partial charge is 0.228 e. The zero-order chi connectivity index (χ0) is 11.5. The van der Waals surface area contributed by atoms with E-state index in [-0.39, 0.29) is 22.5 Å². The predicted octanol–water partition coefficient (Wildman–Crippen LogP) is 2.03. The largest absolute Gasteiger partial charge is 0.322 e. The molecular weight excluding hydrogens is 231 g/mol. The summed E-state index contributed by atoms with van der Waals surface area (Å²) in [6.07, 6.45) is 0.776. The Balaban J connectivity index is 2.11. The summed E-state index contributed by atoms with van der Waals surface area (Å²) in [5.41, 5.74) is 0.0704.